The monoisotopic (exact) mass is 569 g/mol. The minimum Gasteiger partial charge on any atom is -0.497 e. The van der Waals surface area contributed by atoms with Crippen molar-refractivity contribution in [2.75, 3.05) is 38.0 Å². The van der Waals surface area contributed by atoms with Gasteiger partial charge >= 0.3 is 0 Å². The smallest absolute Gasteiger partial charge is 0.273 e. The van der Waals surface area contributed by atoms with Gasteiger partial charge in [0.1, 0.15) is 28.2 Å². The van der Waals surface area contributed by atoms with Crippen molar-refractivity contribution in [3.05, 3.63) is 58.6 Å². The summed E-state index contributed by atoms with van der Waals surface area (Å²) in [7, 11) is 2.94. The molecule has 0 radical (unpaired) electrons. The number of nitrogen functional groups attached to an aromatic ring is 1. The van der Waals surface area contributed by atoms with Crippen molar-refractivity contribution in [3.63, 3.8) is 0 Å². The molecule has 0 aliphatic heterocycles. The number of methoxy groups -OCH3 is 2. The van der Waals surface area contributed by atoms with Crippen molar-refractivity contribution in [3.8, 4) is 17.2 Å². The lowest BCUT2D eigenvalue weighted by molar-refractivity contribution is -0.122. The van der Waals surface area contributed by atoms with Gasteiger partial charge in [-0.15, -0.1) is 0 Å². The first-order valence-corrected chi connectivity index (χ1v) is 13.5. The molecular formula is C28H35N5O6S. The van der Waals surface area contributed by atoms with Gasteiger partial charge in [0.25, 0.3) is 11.8 Å². The molecule has 0 saturated carbocycles. The lowest BCUT2D eigenvalue weighted by Gasteiger charge is -2.32. The number of benzene rings is 2. The molecule has 1 atom stereocenters. The van der Waals surface area contributed by atoms with E-state index in [2.05, 4.69) is 23.5 Å². The summed E-state index contributed by atoms with van der Waals surface area (Å²) < 4.78 is 20.6. The molecule has 2 aromatic carbocycles. The Morgan fingerprint density at radius 1 is 1.05 bits per heavy atom. The quantitative estimate of drug-likeness (QED) is 0.280. The van der Waals surface area contributed by atoms with E-state index < -0.39 is 23.8 Å². The van der Waals surface area contributed by atoms with Crippen molar-refractivity contribution in [1.29, 1.82) is 0 Å². The number of aromatic nitrogens is 1. The molecule has 0 unspecified atom stereocenters. The number of ether oxygens (including phenoxy) is 3. The largest absolute Gasteiger partial charge is 0.497 e. The third kappa shape index (κ3) is 6.81. The minimum atomic E-state index is -1.17. The van der Waals surface area contributed by atoms with E-state index in [0.29, 0.717) is 41.9 Å². The molecule has 3 aromatic rings. The highest BCUT2D eigenvalue weighted by Crippen LogP contribution is 2.40. The van der Waals surface area contributed by atoms with E-state index in [4.69, 9.17) is 25.7 Å². The number of nitrogens with one attached hydrogen (secondary N) is 1. The van der Waals surface area contributed by atoms with Gasteiger partial charge in [-0.3, -0.25) is 19.3 Å². The summed E-state index contributed by atoms with van der Waals surface area (Å²) in [6, 6.07) is 10.6. The third-order valence-electron chi connectivity index (χ3n) is 6.05. The van der Waals surface area contributed by atoms with Gasteiger partial charge in [-0.25, -0.2) is 0 Å². The summed E-state index contributed by atoms with van der Waals surface area (Å²) in [5.74, 6) is -0.279. The zero-order chi connectivity index (χ0) is 29.4. The van der Waals surface area contributed by atoms with Crippen LogP contribution in [0.1, 0.15) is 59.0 Å². The Labute approximate surface area is 237 Å². The van der Waals surface area contributed by atoms with E-state index in [0.717, 1.165) is 18.0 Å². The molecule has 3 amide bonds. The first kappa shape index (κ1) is 30.2. The van der Waals surface area contributed by atoms with Crippen LogP contribution in [0.5, 0.6) is 17.2 Å². The first-order chi connectivity index (χ1) is 19.1. The number of hydrogen-bond acceptors (Lipinski definition) is 9. The average molecular weight is 570 g/mol. The van der Waals surface area contributed by atoms with Crippen LogP contribution in [-0.4, -0.2) is 49.5 Å². The molecule has 5 N–H and O–H groups in total. The van der Waals surface area contributed by atoms with Crippen LogP contribution in [0.4, 0.5) is 11.4 Å². The summed E-state index contributed by atoms with van der Waals surface area (Å²) >= 11 is 0.723. The van der Waals surface area contributed by atoms with E-state index in [1.165, 1.54) is 19.1 Å². The van der Waals surface area contributed by atoms with Crippen LogP contribution < -0.4 is 35.9 Å². The van der Waals surface area contributed by atoms with Gasteiger partial charge in [0, 0.05) is 12.6 Å². The lowest BCUT2D eigenvalue weighted by Crippen LogP contribution is -2.44. The molecular weight excluding hydrogens is 534 g/mol. The predicted molar refractivity (Wildman–Crippen MR) is 154 cm³/mol. The fourth-order valence-corrected chi connectivity index (χ4v) is 4.74. The minimum absolute atomic E-state index is 0.0513. The van der Waals surface area contributed by atoms with Gasteiger partial charge < -0.3 is 31.0 Å². The van der Waals surface area contributed by atoms with Crippen molar-refractivity contribution >= 4 is 40.6 Å². The Kier molecular flexibility index (Phi) is 10.3. The lowest BCUT2D eigenvalue weighted by atomic mass is 10.0. The Morgan fingerprint density at radius 2 is 1.73 bits per heavy atom. The van der Waals surface area contributed by atoms with Crippen molar-refractivity contribution < 1.29 is 28.6 Å². The second kappa shape index (κ2) is 13.7. The summed E-state index contributed by atoms with van der Waals surface area (Å²) in [6.45, 7) is 6.84. The molecule has 1 aromatic heterocycles. The standard InChI is InChI=1S/C28H35N5O6S/c1-6-39-18-9-7-17(8-10-18)24(27(35)31-14-13-16(2)3)33(20-15-19(37-4)11-12-21(20)38-5)28(36)25-22(29)23(26(30)34)32-40-25/h7-12,15-16,24H,6,13-14,29H2,1-5H3,(H2,30,34)(H,31,35)/t24-/m0/s1. The number of amides is 3. The van der Waals surface area contributed by atoms with Gasteiger partial charge in [-0.2, -0.15) is 4.37 Å². The first-order valence-electron chi connectivity index (χ1n) is 12.7. The number of nitrogens with two attached hydrogens (primary N) is 2. The molecule has 1 heterocycles. The van der Waals surface area contributed by atoms with Crippen molar-refractivity contribution in [1.82, 2.24) is 9.69 Å². The van der Waals surface area contributed by atoms with Crippen LogP contribution in [0, 0.1) is 5.92 Å². The van der Waals surface area contributed by atoms with Crippen LogP contribution >= 0.6 is 11.5 Å². The molecule has 0 aliphatic rings. The fourth-order valence-electron chi connectivity index (χ4n) is 4.00. The number of rotatable bonds is 13. The predicted octanol–water partition coefficient (Wildman–Crippen LogP) is 3.79. The van der Waals surface area contributed by atoms with Crippen LogP contribution in [0.25, 0.3) is 0 Å². The molecule has 12 heteroatoms. The Morgan fingerprint density at radius 3 is 2.27 bits per heavy atom. The number of hydrogen-bond donors (Lipinski definition) is 3. The van der Waals surface area contributed by atoms with Crippen LogP contribution in [0.2, 0.25) is 0 Å². The highest BCUT2D eigenvalue weighted by molar-refractivity contribution is 7.09. The number of carbonyl (C=O) groups is 3. The number of primary amides is 1. The van der Waals surface area contributed by atoms with Crippen LogP contribution in [0.3, 0.4) is 0 Å². The van der Waals surface area contributed by atoms with Crippen LogP contribution in [-0.2, 0) is 4.79 Å². The van der Waals surface area contributed by atoms with Gasteiger partial charge in [0.15, 0.2) is 5.69 Å². The molecule has 0 fully saturated rings. The van der Waals surface area contributed by atoms with Gasteiger partial charge in [-0.05, 0) is 60.6 Å². The Bertz CT molecular complexity index is 1340. The van der Waals surface area contributed by atoms with Crippen molar-refractivity contribution in [2.24, 2.45) is 11.7 Å². The fraction of sp³-hybridized carbons (Fsp3) is 0.357. The topological polar surface area (TPSA) is 159 Å². The van der Waals surface area contributed by atoms with Gasteiger partial charge in [0.05, 0.1) is 32.2 Å². The Hall–Kier alpha value is -4.32. The van der Waals surface area contributed by atoms with E-state index in [1.807, 2.05) is 6.92 Å². The zero-order valence-corrected chi connectivity index (χ0v) is 24.0. The summed E-state index contributed by atoms with van der Waals surface area (Å²) in [5.41, 5.74) is 11.9. The second-order valence-corrected chi connectivity index (χ2v) is 10.0. The summed E-state index contributed by atoms with van der Waals surface area (Å²) in [6.07, 6.45) is 0.738. The van der Waals surface area contributed by atoms with E-state index in [1.54, 1.807) is 42.5 Å². The summed E-state index contributed by atoms with van der Waals surface area (Å²) in [4.78, 5) is 41.3. The molecule has 3 rings (SSSR count). The maximum Gasteiger partial charge on any atom is 0.273 e. The molecule has 214 valence electrons. The Balaban J connectivity index is 2.26. The molecule has 11 nitrogen and oxygen atoms in total. The highest BCUT2D eigenvalue weighted by Gasteiger charge is 2.37. The van der Waals surface area contributed by atoms with E-state index >= 15 is 0 Å². The van der Waals surface area contributed by atoms with Gasteiger partial charge in [0.2, 0.25) is 5.91 Å². The normalized spacial score (nSPS) is 11.6. The highest BCUT2D eigenvalue weighted by atomic mass is 32.1. The molecule has 0 bridgehead atoms. The molecule has 0 saturated heterocycles. The number of anilines is 2. The van der Waals surface area contributed by atoms with Crippen LogP contribution in [0.15, 0.2) is 42.5 Å². The summed E-state index contributed by atoms with van der Waals surface area (Å²) in [5, 5.41) is 2.96. The number of carbonyl (C=O) groups excluding carboxylic acids is 3. The average Bonchev–Trinajstić information content (AvgIpc) is 3.33. The van der Waals surface area contributed by atoms with Gasteiger partial charge in [-0.1, -0.05) is 26.0 Å². The second-order valence-electron chi connectivity index (χ2n) is 9.23. The van der Waals surface area contributed by atoms with E-state index in [9.17, 15) is 14.4 Å². The third-order valence-corrected chi connectivity index (χ3v) is 6.91. The zero-order valence-electron chi connectivity index (χ0n) is 23.2. The molecule has 40 heavy (non-hydrogen) atoms. The maximum atomic E-state index is 14.3. The number of nitrogens with zero attached hydrogens (tertiary/aromatic N) is 2. The van der Waals surface area contributed by atoms with E-state index in [-0.39, 0.29) is 21.9 Å². The molecule has 0 aliphatic carbocycles. The van der Waals surface area contributed by atoms with Crippen molar-refractivity contribution in [2.45, 2.75) is 33.2 Å². The SMILES string of the molecule is CCOc1ccc([C@@H](C(=O)NCCC(C)C)N(C(=O)c2snc(C(N)=O)c2N)c2cc(OC)ccc2OC)cc1. The maximum absolute atomic E-state index is 14.3. The molecule has 0 spiro atoms.